The van der Waals surface area contributed by atoms with Gasteiger partial charge in [0, 0.05) is 23.3 Å². The molecule has 4 nitrogen and oxygen atoms in total. The molecule has 0 aromatic heterocycles. The summed E-state index contributed by atoms with van der Waals surface area (Å²) in [6.45, 7) is 2.40. The second-order valence-corrected chi connectivity index (χ2v) is 3.90. The van der Waals surface area contributed by atoms with E-state index in [1.165, 1.54) is 7.11 Å². The molecule has 0 radical (unpaired) electrons. The monoisotopic (exact) mass is 242 g/mol. The van der Waals surface area contributed by atoms with Gasteiger partial charge in [0.25, 0.3) is 0 Å². The van der Waals surface area contributed by atoms with Crippen LogP contribution in [0.3, 0.4) is 0 Å². The lowest BCUT2D eigenvalue weighted by Gasteiger charge is -2.15. The molecule has 0 fully saturated rings. The van der Waals surface area contributed by atoms with Crippen LogP contribution in [0.5, 0.6) is 0 Å². The number of halogens is 1. The minimum atomic E-state index is -0.422. The molecule has 0 heterocycles. The van der Waals surface area contributed by atoms with Gasteiger partial charge in [0.05, 0.1) is 12.7 Å². The maximum absolute atomic E-state index is 11.5. The second-order valence-electron chi connectivity index (χ2n) is 3.46. The van der Waals surface area contributed by atoms with E-state index in [1.807, 2.05) is 6.92 Å². The molecule has 0 aliphatic heterocycles. The molecule has 1 rings (SSSR count). The average molecular weight is 243 g/mol. The van der Waals surface area contributed by atoms with Crippen LogP contribution in [-0.4, -0.2) is 25.7 Å². The quantitative estimate of drug-likeness (QED) is 0.792. The average Bonchev–Trinajstić information content (AvgIpc) is 2.30. The number of nitrogens with two attached hydrogens (primary N) is 1. The van der Waals surface area contributed by atoms with Gasteiger partial charge in [-0.25, -0.2) is 4.79 Å². The molecule has 5 heteroatoms. The SMILES string of the molecule is COC(=O)c1cc(Cl)ccc1NC(C)CN. The Morgan fingerprint density at radius 2 is 2.31 bits per heavy atom. The van der Waals surface area contributed by atoms with Crippen molar-refractivity contribution in [1.29, 1.82) is 0 Å². The van der Waals surface area contributed by atoms with Crippen molar-refractivity contribution in [2.45, 2.75) is 13.0 Å². The lowest BCUT2D eigenvalue weighted by atomic mass is 10.1. The minimum Gasteiger partial charge on any atom is -0.465 e. The van der Waals surface area contributed by atoms with Crippen molar-refractivity contribution >= 4 is 23.3 Å². The summed E-state index contributed by atoms with van der Waals surface area (Å²) < 4.78 is 4.68. The first-order chi connectivity index (χ1) is 7.58. The predicted molar refractivity (Wildman–Crippen MR) is 64.9 cm³/mol. The molecule has 0 saturated heterocycles. The van der Waals surface area contributed by atoms with Crippen LogP contribution in [0.4, 0.5) is 5.69 Å². The molecule has 0 bridgehead atoms. The highest BCUT2D eigenvalue weighted by Crippen LogP contribution is 2.22. The Labute approximate surface area is 99.7 Å². The molecule has 0 amide bonds. The van der Waals surface area contributed by atoms with Crippen LogP contribution >= 0.6 is 11.6 Å². The van der Waals surface area contributed by atoms with Gasteiger partial charge in [-0.3, -0.25) is 0 Å². The Bertz CT molecular complexity index is 382. The number of hydrogen-bond donors (Lipinski definition) is 2. The summed E-state index contributed by atoms with van der Waals surface area (Å²) in [6, 6.07) is 5.09. The van der Waals surface area contributed by atoms with Gasteiger partial charge in [-0.05, 0) is 25.1 Å². The number of carbonyl (C=O) groups excluding carboxylic acids is 1. The summed E-state index contributed by atoms with van der Waals surface area (Å²) in [5.74, 6) is -0.422. The Kier molecular flexibility index (Phi) is 4.58. The third-order valence-electron chi connectivity index (χ3n) is 2.14. The second kappa shape index (κ2) is 5.72. The lowest BCUT2D eigenvalue weighted by Crippen LogP contribution is -2.26. The first-order valence-corrected chi connectivity index (χ1v) is 5.30. The fourth-order valence-electron chi connectivity index (χ4n) is 1.25. The molecule has 1 atom stereocenters. The van der Waals surface area contributed by atoms with Crippen molar-refractivity contribution in [3.8, 4) is 0 Å². The van der Waals surface area contributed by atoms with E-state index in [4.69, 9.17) is 17.3 Å². The van der Waals surface area contributed by atoms with E-state index in [-0.39, 0.29) is 6.04 Å². The van der Waals surface area contributed by atoms with Crippen molar-refractivity contribution in [1.82, 2.24) is 0 Å². The molecule has 0 saturated carbocycles. The van der Waals surface area contributed by atoms with Crippen molar-refractivity contribution in [3.05, 3.63) is 28.8 Å². The molecular formula is C11H15ClN2O2. The van der Waals surface area contributed by atoms with Gasteiger partial charge in [-0.1, -0.05) is 11.6 Å². The van der Waals surface area contributed by atoms with Crippen molar-refractivity contribution in [3.63, 3.8) is 0 Å². The number of esters is 1. The van der Waals surface area contributed by atoms with Crippen LogP contribution in [-0.2, 0) is 4.74 Å². The highest BCUT2D eigenvalue weighted by atomic mass is 35.5. The maximum atomic E-state index is 11.5. The number of hydrogen-bond acceptors (Lipinski definition) is 4. The van der Waals surface area contributed by atoms with E-state index in [0.717, 1.165) is 0 Å². The maximum Gasteiger partial charge on any atom is 0.340 e. The highest BCUT2D eigenvalue weighted by Gasteiger charge is 2.13. The predicted octanol–water partition coefficient (Wildman–Crippen LogP) is 1.89. The normalized spacial score (nSPS) is 12.0. The minimum absolute atomic E-state index is 0.0737. The summed E-state index contributed by atoms with van der Waals surface area (Å²) in [7, 11) is 1.33. The molecule has 3 N–H and O–H groups in total. The summed E-state index contributed by atoms with van der Waals surface area (Å²) in [5, 5.41) is 3.61. The first kappa shape index (κ1) is 12.8. The summed E-state index contributed by atoms with van der Waals surface area (Å²) in [4.78, 5) is 11.5. The Balaban J connectivity index is 3.02. The van der Waals surface area contributed by atoms with Crippen molar-refractivity contribution in [2.24, 2.45) is 5.73 Å². The zero-order valence-electron chi connectivity index (χ0n) is 9.29. The van der Waals surface area contributed by atoms with Crippen LogP contribution in [0, 0.1) is 0 Å². The number of ether oxygens (including phenoxy) is 1. The molecular weight excluding hydrogens is 228 g/mol. The molecule has 0 aliphatic rings. The van der Waals surface area contributed by atoms with Crippen LogP contribution in [0.25, 0.3) is 0 Å². The molecule has 0 spiro atoms. The standard InChI is InChI=1S/C11H15ClN2O2/c1-7(6-13)14-10-4-3-8(12)5-9(10)11(15)16-2/h3-5,7,14H,6,13H2,1-2H3. The molecule has 0 aliphatic carbocycles. The molecule has 88 valence electrons. The number of benzene rings is 1. The third-order valence-corrected chi connectivity index (χ3v) is 2.38. The fraction of sp³-hybridized carbons (Fsp3) is 0.364. The van der Waals surface area contributed by atoms with E-state index in [9.17, 15) is 4.79 Å². The Hall–Kier alpha value is -1.26. The summed E-state index contributed by atoms with van der Waals surface area (Å²) >= 11 is 5.83. The van der Waals surface area contributed by atoms with Gasteiger partial charge in [0.1, 0.15) is 0 Å². The molecule has 1 aromatic carbocycles. The van der Waals surface area contributed by atoms with Crippen molar-refractivity contribution in [2.75, 3.05) is 19.0 Å². The van der Waals surface area contributed by atoms with E-state index in [1.54, 1.807) is 18.2 Å². The van der Waals surface area contributed by atoms with Gasteiger partial charge >= 0.3 is 5.97 Å². The number of methoxy groups -OCH3 is 1. The van der Waals surface area contributed by atoms with E-state index in [2.05, 4.69) is 10.1 Å². The Morgan fingerprint density at radius 1 is 1.62 bits per heavy atom. The van der Waals surface area contributed by atoms with Crippen LogP contribution < -0.4 is 11.1 Å². The lowest BCUT2D eigenvalue weighted by molar-refractivity contribution is 0.0602. The van der Waals surface area contributed by atoms with Crippen LogP contribution in [0.15, 0.2) is 18.2 Å². The summed E-state index contributed by atoms with van der Waals surface area (Å²) in [6.07, 6.45) is 0. The number of nitrogens with one attached hydrogen (secondary N) is 1. The zero-order chi connectivity index (χ0) is 12.1. The fourth-order valence-corrected chi connectivity index (χ4v) is 1.42. The van der Waals surface area contributed by atoms with Gasteiger partial charge in [0.15, 0.2) is 0 Å². The number of rotatable bonds is 4. The van der Waals surface area contributed by atoms with E-state index >= 15 is 0 Å². The number of anilines is 1. The Morgan fingerprint density at radius 3 is 2.88 bits per heavy atom. The molecule has 1 unspecified atom stereocenters. The van der Waals surface area contributed by atoms with Gasteiger partial charge in [0.2, 0.25) is 0 Å². The highest BCUT2D eigenvalue weighted by molar-refractivity contribution is 6.31. The van der Waals surface area contributed by atoms with Crippen LogP contribution in [0.1, 0.15) is 17.3 Å². The first-order valence-electron chi connectivity index (χ1n) is 4.93. The van der Waals surface area contributed by atoms with E-state index < -0.39 is 5.97 Å². The smallest absolute Gasteiger partial charge is 0.340 e. The van der Waals surface area contributed by atoms with Crippen molar-refractivity contribution < 1.29 is 9.53 Å². The third kappa shape index (κ3) is 3.12. The summed E-state index contributed by atoms with van der Waals surface area (Å²) in [5.41, 5.74) is 6.59. The van der Waals surface area contributed by atoms with E-state index in [0.29, 0.717) is 22.8 Å². The number of carbonyl (C=O) groups is 1. The van der Waals surface area contributed by atoms with Gasteiger partial charge in [-0.2, -0.15) is 0 Å². The van der Waals surface area contributed by atoms with Gasteiger partial charge < -0.3 is 15.8 Å². The molecule has 16 heavy (non-hydrogen) atoms. The largest absolute Gasteiger partial charge is 0.465 e. The van der Waals surface area contributed by atoms with Crippen LogP contribution in [0.2, 0.25) is 5.02 Å². The zero-order valence-corrected chi connectivity index (χ0v) is 10.0. The topological polar surface area (TPSA) is 64.3 Å². The molecule has 1 aromatic rings. The van der Waals surface area contributed by atoms with Gasteiger partial charge in [-0.15, -0.1) is 0 Å².